The lowest BCUT2D eigenvalue weighted by molar-refractivity contribution is -0.384. The molecule has 0 aliphatic carbocycles. The molecule has 42 heavy (non-hydrogen) atoms. The van der Waals surface area contributed by atoms with Gasteiger partial charge < -0.3 is 31.2 Å². The summed E-state index contributed by atoms with van der Waals surface area (Å²) in [7, 11) is 0. The second-order valence-corrected chi connectivity index (χ2v) is 9.80. The quantitative estimate of drug-likeness (QED) is 0.0792. The molecule has 0 aliphatic rings. The first kappa shape index (κ1) is 33.2. The lowest BCUT2D eigenvalue weighted by Gasteiger charge is -2.23. The van der Waals surface area contributed by atoms with Gasteiger partial charge in [-0.3, -0.25) is 24.5 Å². The van der Waals surface area contributed by atoms with Gasteiger partial charge in [0.05, 0.1) is 11.0 Å². The number of nitrogens with zero attached hydrogens (tertiary/aromatic N) is 1. The summed E-state index contributed by atoms with van der Waals surface area (Å²) in [4.78, 5) is 70.8. The van der Waals surface area contributed by atoms with E-state index in [1.807, 2.05) is 0 Å². The van der Waals surface area contributed by atoms with Crippen LogP contribution in [0.2, 0.25) is 0 Å². The summed E-state index contributed by atoms with van der Waals surface area (Å²) in [6.07, 6.45) is -0.439. The number of nitro groups is 1. The summed E-state index contributed by atoms with van der Waals surface area (Å²) in [6, 6.07) is 9.94. The zero-order valence-corrected chi connectivity index (χ0v) is 23.6. The van der Waals surface area contributed by atoms with Gasteiger partial charge in [0.15, 0.2) is 5.78 Å². The molecule has 0 radical (unpaired) electrons. The Kier molecular flexibility index (Phi) is 12.9. The SMILES string of the molecule is CC(=O)N[C@H](C(=O)C[C@@H](CCCNC(N)=O)C(=O)Nc1ccc(COC(=O)Oc2ccc([N+](=O)[O-])cc2)cc1)C(C)C. The summed E-state index contributed by atoms with van der Waals surface area (Å²) in [5, 5.41) is 18.6. The van der Waals surface area contributed by atoms with Crippen molar-refractivity contribution in [2.45, 2.75) is 52.7 Å². The van der Waals surface area contributed by atoms with E-state index >= 15 is 0 Å². The van der Waals surface area contributed by atoms with Crippen LogP contribution in [0.15, 0.2) is 48.5 Å². The number of non-ortho nitro benzene ring substituents is 1. The number of rotatable bonds is 15. The number of urea groups is 1. The molecule has 226 valence electrons. The van der Waals surface area contributed by atoms with Crippen LogP contribution in [0.1, 0.15) is 45.6 Å². The molecule has 2 aromatic rings. The van der Waals surface area contributed by atoms with Crippen LogP contribution in [0.4, 0.5) is 21.0 Å². The molecule has 14 nitrogen and oxygen atoms in total. The van der Waals surface area contributed by atoms with Gasteiger partial charge in [0.1, 0.15) is 12.4 Å². The number of ketones is 1. The van der Waals surface area contributed by atoms with Gasteiger partial charge in [0.25, 0.3) is 5.69 Å². The third-order valence-corrected chi connectivity index (χ3v) is 6.05. The number of anilines is 1. The van der Waals surface area contributed by atoms with Crippen LogP contribution in [0.25, 0.3) is 0 Å². The Balaban J connectivity index is 1.97. The molecular formula is C28H35N5O9. The normalized spacial score (nSPS) is 12.0. The monoisotopic (exact) mass is 585 g/mol. The molecule has 0 aromatic heterocycles. The van der Waals surface area contributed by atoms with Crippen LogP contribution in [0.5, 0.6) is 5.75 Å². The second-order valence-electron chi connectivity index (χ2n) is 9.80. The van der Waals surface area contributed by atoms with E-state index in [0.29, 0.717) is 17.7 Å². The summed E-state index contributed by atoms with van der Waals surface area (Å²) in [6.45, 7) is 5.01. The first-order chi connectivity index (χ1) is 19.8. The number of amides is 4. The molecule has 2 aromatic carbocycles. The molecule has 0 bridgehead atoms. The van der Waals surface area contributed by atoms with E-state index in [1.54, 1.807) is 38.1 Å². The second kappa shape index (κ2) is 16.3. The summed E-state index contributed by atoms with van der Waals surface area (Å²) in [5.74, 6) is -1.88. The number of benzene rings is 2. The van der Waals surface area contributed by atoms with E-state index in [2.05, 4.69) is 16.0 Å². The van der Waals surface area contributed by atoms with Crippen LogP contribution in [-0.2, 0) is 25.7 Å². The van der Waals surface area contributed by atoms with Gasteiger partial charge in [0, 0.05) is 43.6 Å². The molecule has 0 saturated heterocycles. The number of nitro benzene ring substituents is 1. The van der Waals surface area contributed by atoms with Gasteiger partial charge in [-0.1, -0.05) is 26.0 Å². The molecule has 4 amide bonds. The largest absolute Gasteiger partial charge is 0.514 e. The lowest BCUT2D eigenvalue weighted by atomic mass is 9.89. The summed E-state index contributed by atoms with van der Waals surface area (Å²) < 4.78 is 10.1. The van der Waals surface area contributed by atoms with Crippen molar-refractivity contribution in [2.24, 2.45) is 17.6 Å². The fourth-order valence-corrected chi connectivity index (χ4v) is 3.93. The zero-order valence-electron chi connectivity index (χ0n) is 23.6. The number of Topliss-reactive ketones (excluding diaryl/α,β-unsaturated/α-hetero) is 1. The highest BCUT2D eigenvalue weighted by Gasteiger charge is 2.29. The van der Waals surface area contributed by atoms with Crippen molar-refractivity contribution in [3.05, 3.63) is 64.2 Å². The topological polar surface area (TPSA) is 209 Å². The average Bonchev–Trinajstić information content (AvgIpc) is 2.92. The summed E-state index contributed by atoms with van der Waals surface area (Å²) >= 11 is 0. The number of nitrogens with one attached hydrogen (secondary N) is 3. The van der Waals surface area contributed by atoms with Gasteiger partial charge in [-0.15, -0.1) is 0 Å². The molecule has 0 unspecified atom stereocenters. The van der Waals surface area contributed by atoms with Crippen molar-refractivity contribution in [3.8, 4) is 5.75 Å². The van der Waals surface area contributed by atoms with Crippen molar-refractivity contribution < 1.29 is 38.4 Å². The van der Waals surface area contributed by atoms with Crippen LogP contribution in [0.3, 0.4) is 0 Å². The maximum Gasteiger partial charge on any atom is 0.514 e. The number of hydrogen-bond acceptors (Lipinski definition) is 9. The van der Waals surface area contributed by atoms with E-state index < -0.39 is 35.0 Å². The Hall–Kier alpha value is -5.01. The first-order valence-corrected chi connectivity index (χ1v) is 13.2. The van der Waals surface area contributed by atoms with Crippen molar-refractivity contribution in [1.29, 1.82) is 0 Å². The number of nitrogens with two attached hydrogens (primary N) is 1. The molecule has 0 spiro atoms. The Morgan fingerprint density at radius 3 is 2.19 bits per heavy atom. The molecule has 2 rings (SSSR count). The van der Waals surface area contributed by atoms with Crippen molar-refractivity contribution >= 4 is 41.2 Å². The number of carbonyl (C=O) groups is 5. The zero-order chi connectivity index (χ0) is 31.2. The lowest BCUT2D eigenvalue weighted by Crippen LogP contribution is -2.44. The molecule has 5 N–H and O–H groups in total. The molecule has 0 aliphatic heterocycles. The molecule has 0 saturated carbocycles. The van der Waals surface area contributed by atoms with Crippen molar-refractivity contribution in [3.63, 3.8) is 0 Å². The highest BCUT2D eigenvalue weighted by Crippen LogP contribution is 2.20. The molecule has 0 heterocycles. The van der Waals surface area contributed by atoms with E-state index in [-0.39, 0.29) is 55.0 Å². The molecular weight excluding hydrogens is 550 g/mol. The van der Waals surface area contributed by atoms with Crippen molar-refractivity contribution in [1.82, 2.24) is 10.6 Å². The Morgan fingerprint density at radius 2 is 1.64 bits per heavy atom. The Morgan fingerprint density at radius 1 is 1.00 bits per heavy atom. The van der Waals surface area contributed by atoms with Gasteiger partial charge in [-0.05, 0) is 48.6 Å². The highest BCUT2D eigenvalue weighted by molar-refractivity contribution is 5.97. The van der Waals surface area contributed by atoms with Gasteiger partial charge in [-0.2, -0.15) is 0 Å². The van der Waals surface area contributed by atoms with Gasteiger partial charge in [0.2, 0.25) is 11.8 Å². The Bertz CT molecular complexity index is 1260. The van der Waals surface area contributed by atoms with Crippen molar-refractivity contribution in [2.75, 3.05) is 11.9 Å². The van der Waals surface area contributed by atoms with Crippen LogP contribution in [0, 0.1) is 22.0 Å². The fourth-order valence-electron chi connectivity index (χ4n) is 3.93. The summed E-state index contributed by atoms with van der Waals surface area (Å²) in [5.41, 5.74) is 5.97. The standard InChI is InChI=1S/C28H35N5O9/c1-17(2)25(31-18(3)34)24(35)15-20(5-4-14-30-27(29)37)26(36)32-21-8-6-19(7-9-21)16-41-28(38)42-23-12-10-22(11-13-23)33(39)40/h6-13,17,20,25H,4-5,14-16H2,1-3H3,(H,31,34)(H,32,36)(H3,29,30,37)/t20-,25+/m1/s1. The molecule has 14 heteroatoms. The van der Waals surface area contributed by atoms with E-state index in [1.165, 1.54) is 31.2 Å². The van der Waals surface area contributed by atoms with Gasteiger partial charge in [-0.25, -0.2) is 9.59 Å². The molecule has 2 atom stereocenters. The van der Waals surface area contributed by atoms with E-state index in [0.717, 1.165) is 0 Å². The molecule has 0 fully saturated rings. The minimum Gasteiger partial charge on any atom is -0.429 e. The minimum absolute atomic E-state index is 0.0823. The first-order valence-electron chi connectivity index (χ1n) is 13.2. The van der Waals surface area contributed by atoms with Gasteiger partial charge >= 0.3 is 12.2 Å². The predicted octanol–water partition coefficient (Wildman–Crippen LogP) is 3.43. The number of hydrogen-bond donors (Lipinski definition) is 4. The van der Waals surface area contributed by atoms with Crippen LogP contribution < -0.4 is 26.4 Å². The minimum atomic E-state index is -1.00. The number of carbonyl (C=O) groups excluding carboxylic acids is 5. The number of ether oxygens (including phenoxy) is 2. The predicted molar refractivity (Wildman–Crippen MR) is 151 cm³/mol. The average molecular weight is 586 g/mol. The van der Waals surface area contributed by atoms with Crippen LogP contribution >= 0.6 is 0 Å². The third-order valence-electron chi connectivity index (χ3n) is 6.05. The fraction of sp³-hybridized carbons (Fsp3) is 0.393. The van der Waals surface area contributed by atoms with E-state index in [4.69, 9.17) is 15.2 Å². The maximum atomic E-state index is 13.1. The highest BCUT2D eigenvalue weighted by atomic mass is 16.7. The number of primary amides is 1. The Labute approximate surface area is 242 Å². The smallest absolute Gasteiger partial charge is 0.429 e. The maximum absolute atomic E-state index is 13.1. The van der Waals surface area contributed by atoms with E-state index in [9.17, 15) is 34.1 Å². The third kappa shape index (κ3) is 11.6. The van der Waals surface area contributed by atoms with Crippen LogP contribution in [-0.4, -0.2) is 47.3 Å².